The molecule has 222 valence electrons. The quantitative estimate of drug-likeness (QED) is 0.231. The lowest BCUT2D eigenvalue weighted by Crippen LogP contribution is -2.49. The first-order valence-electron chi connectivity index (χ1n) is 14.1. The molecule has 3 aromatic rings. The summed E-state index contributed by atoms with van der Waals surface area (Å²) in [6.45, 7) is 9.92. The molecule has 0 bridgehead atoms. The van der Waals surface area contributed by atoms with Gasteiger partial charge in [0, 0.05) is 31.1 Å². The van der Waals surface area contributed by atoms with Gasteiger partial charge in [0.2, 0.25) is 17.7 Å². The number of carbonyl (C=O) groups excluding carboxylic acids is 2. The van der Waals surface area contributed by atoms with Crippen molar-refractivity contribution in [3.63, 3.8) is 0 Å². The first kappa shape index (κ1) is 31.9. The molecular formula is C31H42N4O5S. The fraction of sp³-hybridized carbons (Fsp3) is 0.452. The molecule has 0 radical (unpaired) electrons. The molecule has 0 aliphatic carbocycles. The van der Waals surface area contributed by atoms with Gasteiger partial charge in [-0.25, -0.2) is 13.1 Å². The van der Waals surface area contributed by atoms with Gasteiger partial charge in [0.1, 0.15) is 6.04 Å². The summed E-state index contributed by atoms with van der Waals surface area (Å²) in [6.07, 6.45) is 3.68. The number of aromatic nitrogens is 1. The van der Waals surface area contributed by atoms with Crippen LogP contribution in [0.25, 0.3) is 11.1 Å². The normalized spacial score (nSPS) is 12.3. The van der Waals surface area contributed by atoms with E-state index >= 15 is 0 Å². The molecule has 0 unspecified atom stereocenters. The van der Waals surface area contributed by atoms with Crippen LogP contribution in [-0.2, 0) is 26.2 Å². The van der Waals surface area contributed by atoms with Crippen LogP contribution in [0, 0.1) is 19.8 Å². The Hall–Kier alpha value is -3.66. The highest BCUT2D eigenvalue weighted by Crippen LogP contribution is 2.30. The Morgan fingerprint density at radius 3 is 2.29 bits per heavy atom. The van der Waals surface area contributed by atoms with Gasteiger partial charge in [-0.3, -0.25) is 9.59 Å². The topological polar surface area (TPSA) is 122 Å². The van der Waals surface area contributed by atoms with Crippen molar-refractivity contribution in [2.24, 2.45) is 5.92 Å². The third-order valence-corrected chi connectivity index (χ3v) is 8.50. The Morgan fingerprint density at radius 2 is 1.71 bits per heavy atom. The lowest BCUT2D eigenvalue weighted by Gasteiger charge is -2.32. The van der Waals surface area contributed by atoms with Crippen LogP contribution >= 0.6 is 0 Å². The molecule has 9 nitrogen and oxygen atoms in total. The van der Waals surface area contributed by atoms with Gasteiger partial charge in [-0.1, -0.05) is 81.2 Å². The van der Waals surface area contributed by atoms with Gasteiger partial charge >= 0.3 is 0 Å². The van der Waals surface area contributed by atoms with E-state index in [1.165, 1.54) is 0 Å². The zero-order chi connectivity index (χ0) is 30.2. The number of nitrogens with zero attached hydrogens (tertiary/aromatic N) is 2. The molecule has 0 fully saturated rings. The first-order valence-corrected chi connectivity index (χ1v) is 15.6. The van der Waals surface area contributed by atoms with Gasteiger partial charge in [0.05, 0.1) is 10.6 Å². The van der Waals surface area contributed by atoms with Gasteiger partial charge in [-0.15, -0.1) is 0 Å². The predicted molar refractivity (Wildman–Crippen MR) is 161 cm³/mol. The van der Waals surface area contributed by atoms with Gasteiger partial charge in [-0.05, 0) is 49.8 Å². The molecule has 0 saturated carbocycles. The maximum atomic E-state index is 13.3. The molecule has 2 amide bonds. The second-order valence-corrected chi connectivity index (χ2v) is 12.4. The molecule has 0 aliphatic rings. The zero-order valence-corrected chi connectivity index (χ0v) is 25.7. The molecule has 1 heterocycles. The number of carbonyl (C=O) groups is 2. The van der Waals surface area contributed by atoms with E-state index in [0.29, 0.717) is 35.2 Å². The summed E-state index contributed by atoms with van der Waals surface area (Å²) >= 11 is 0. The van der Waals surface area contributed by atoms with Crippen LogP contribution in [0.1, 0.15) is 69.7 Å². The van der Waals surface area contributed by atoms with Crippen molar-refractivity contribution in [1.82, 2.24) is 15.4 Å². The van der Waals surface area contributed by atoms with E-state index in [2.05, 4.69) is 22.1 Å². The van der Waals surface area contributed by atoms with Crippen LogP contribution in [0.3, 0.4) is 0 Å². The number of unbranched alkanes of at least 4 members (excludes halogenated alkanes) is 2. The number of nitrogens with one attached hydrogen (secondary N) is 2. The van der Waals surface area contributed by atoms with E-state index < -0.39 is 16.1 Å². The zero-order valence-electron chi connectivity index (χ0n) is 24.9. The average molecular weight is 583 g/mol. The van der Waals surface area contributed by atoms with Crippen LogP contribution in [0.15, 0.2) is 57.9 Å². The van der Waals surface area contributed by atoms with E-state index in [-0.39, 0.29) is 35.1 Å². The minimum Gasteiger partial charge on any atom is -0.357 e. The van der Waals surface area contributed by atoms with Crippen LogP contribution in [-0.4, -0.2) is 43.4 Å². The lowest BCUT2D eigenvalue weighted by atomic mass is 9.99. The molecule has 1 aromatic heterocycles. The monoisotopic (exact) mass is 582 g/mol. The summed E-state index contributed by atoms with van der Waals surface area (Å²) in [5.41, 5.74) is 3.30. The van der Waals surface area contributed by atoms with Gasteiger partial charge in [-0.2, -0.15) is 0 Å². The van der Waals surface area contributed by atoms with Crippen LogP contribution in [0.2, 0.25) is 0 Å². The van der Waals surface area contributed by atoms with E-state index in [1.54, 1.807) is 50.1 Å². The maximum absolute atomic E-state index is 13.3. The van der Waals surface area contributed by atoms with E-state index in [4.69, 9.17) is 4.52 Å². The van der Waals surface area contributed by atoms with Crippen LogP contribution < -0.4 is 10.0 Å². The largest absolute Gasteiger partial charge is 0.357 e. The molecule has 0 saturated heterocycles. The molecule has 0 aliphatic heterocycles. The van der Waals surface area contributed by atoms with Crippen molar-refractivity contribution in [2.45, 2.75) is 84.2 Å². The summed E-state index contributed by atoms with van der Waals surface area (Å²) < 4.78 is 34.3. The number of amides is 2. The standard InChI is InChI=1S/C31H42N4O5S/c1-7-8-9-14-29(36)35(27(19-21(2)3)30(37)32-6)20-24-15-17-25(18-16-24)26-12-10-11-13-28(26)41(38,39)34-31-22(4)23(5)33-40-31/h10-13,15-18,21,27,34H,7-9,14,19-20H2,1-6H3,(H,32,37)/t27-/m0/s1. The molecule has 2 N–H and O–H groups in total. The highest BCUT2D eigenvalue weighted by Gasteiger charge is 2.30. The highest BCUT2D eigenvalue weighted by atomic mass is 32.2. The van der Waals surface area contributed by atoms with Crippen LogP contribution in [0.4, 0.5) is 5.88 Å². The summed E-state index contributed by atoms with van der Waals surface area (Å²) in [7, 11) is -2.38. The van der Waals surface area contributed by atoms with Crippen molar-refractivity contribution in [3.8, 4) is 11.1 Å². The molecule has 3 rings (SSSR count). The van der Waals surface area contributed by atoms with Crippen molar-refractivity contribution in [1.29, 1.82) is 0 Å². The summed E-state index contributed by atoms with van der Waals surface area (Å²) in [6, 6.07) is 13.6. The van der Waals surface area contributed by atoms with Crippen LogP contribution in [0.5, 0.6) is 0 Å². The number of likely N-dealkylation sites (N-methyl/N-ethyl adjacent to an activating group) is 1. The second kappa shape index (κ2) is 14.3. The minimum atomic E-state index is -3.97. The Kier molecular flexibility index (Phi) is 11.1. The molecule has 0 spiro atoms. The molecule has 41 heavy (non-hydrogen) atoms. The van der Waals surface area contributed by atoms with Gasteiger partial charge < -0.3 is 14.7 Å². The number of anilines is 1. The SMILES string of the molecule is CCCCCC(=O)N(Cc1ccc(-c2ccccc2S(=O)(=O)Nc2onc(C)c2C)cc1)[C@@H](CC(C)C)C(=O)NC. The fourth-order valence-corrected chi connectivity index (χ4v) is 5.92. The number of rotatable bonds is 14. The molecular weight excluding hydrogens is 540 g/mol. The number of hydrogen-bond donors (Lipinski definition) is 2. The second-order valence-electron chi connectivity index (χ2n) is 10.8. The van der Waals surface area contributed by atoms with E-state index in [1.807, 2.05) is 38.1 Å². The van der Waals surface area contributed by atoms with Gasteiger partial charge in [0.25, 0.3) is 10.0 Å². The number of hydrogen-bond acceptors (Lipinski definition) is 6. The number of benzene rings is 2. The fourth-order valence-electron chi connectivity index (χ4n) is 4.64. The van der Waals surface area contributed by atoms with E-state index in [9.17, 15) is 18.0 Å². The summed E-state index contributed by atoms with van der Waals surface area (Å²) in [4.78, 5) is 28.0. The minimum absolute atomic E-state index is 0.0442. The van der Waals surface area contributed by atoms with E-state index in [0.717, 1.165) is 24.8 Å². The predicted octanol–water partition coefficient (Wildman–Crippen LogP) is 5.83. The van der Waals surface area contributed by atoms with Crippen molar-refractivity contribution >= 4 is 27.7 Å². The number of aryl methyl sites for hydroxylation is 1. The first-order chi connectivity index (χ1) is 19.5. The smallest absolute Gasteiger partial charge is 0.264 e. The van der Waals surface area contributed by atoms with Crippen molar-refractivity contribution < 1.29 is 22.5 Å². The molecule has 2 aromatic carbocycles. The average Bonchev–Trinajstić information content (AvgIpc) is 3.26. The Bertz CT molecular complexity index is 1430. The number of sulfonamides is 1. The summed E-state index contributed by atoms with van der Waals surface area (Å²) in [5, 5.41) is 6.56. The molecule has 1 atom stereocenters. The maximum Gasteiger partial charge on any atom is 0.264 e. The molecule has 10 heteroatoms. The third kappa shape index (κ3) is 8.19. The lowest BCUT2D eigenvalue weighted by molar-refractivity contribution is -0.141. The van der Waals surface area contributed by atoms with Gasteiger partial charge in [0.15, 0.2) is 0 Å². The van der Waals surface area contributed by atoms with Crippen molar-refractivity contribution in [2.75, 3.05) is 11.8 Å². The highest BCUT2D eigenvalue weighted by molar-refractivity contribution is 7.92. The Balaban J connectivity index is 1.90. The Labute approximate surface area is 243 Å². The summed E-state index contributed by atoms with van der Waals surface area (Å²) in [5.74, 6) is 0.0889. The Morgan fingerprint density at radius 1 is 1.02 bits per heavy atom. The van der Waals surface area contributed by atoms with Crippen molar-refractivity contribution in [3.05, 3.63) is 65.4 Å². The third-order valence-electron chi connectivity index (χ3n) is 7.11.